The Hall–Kier alpha value is -1.55. The summed E-state index contributed by atoms with van der Waals surface area (Å²) in [5, 5.41) is 18.2. The Morgan fingerprint density at radius 2 is 1.79 bits per heavy atom. The first-order chi connectivity index (χ1) is 8.88. The number of aromatic hydroxyl groups is 1. The van der Waals surface area contributed by atoms with E-state index < -0.39 is 5.97 Å². The van der Waals surface area contributed by atoms with E-state index in [1.807, 2.05) is 24.0 Å². The Bertz CT molecular complexity index is 400. The fourth-order valence-corrected chi connectivity index (χ4v) is 2.15. The molecule has 0 saturated carbocycles. The molecule has 4 heteroatoms. The van der Waals surface area contributed by atoms with E-state index in [1.165, 1.54) is 0 Å². The predicted molar refractivity (Wildman–Crippen MR) is 75.3 cm³/mol. The van der Waals surface area contributed by atoms with Crippen LogP contribution in [0.4, 0.5) is 0 Å². The summed E-state index contributed by atoms with van der Waals surface area (Å²) in [4.78, 5) is 12.9. The molecule has 0 aliphatic heterocycles. The van der Waals surface area contributed by atoms with Crippen molar-refractivity contribution >= 4 is 5.97 Å². The molecule has 1 rings (SSSR count). The summed E-state index contributed by atoms with van der Waals surface area (Å²) in [6.45, 7) is 7.05. The topological polar surface area (TPSA) is 60.8 Å². The fraction of sp³-hybridized carbons (Fsp3) is 0.533. The van der Waals surface area contributed by atoms with Gasteiger partial charge in [0.25, 0.3) is 0 Å². The van der Waals surface area contributed by atoms with Gasteiger partial charge in [-0.15, -0.1) is 0 Å². The number of hydrogen-bond donors (Lipinski definition) is 2. The van der Waals surface area contributed by atoms with Crippen LogP contribution in [0.2, 0.25) is 0 Å². The van der Waals surface area contributed by atoms with Crippen molar-refractivity contribution in [2.45, 2.75) is 33.2 Å². The number of rotatable bonds is 7. The summed E-state index contributed by atoms with van der Waals surface area (Å²) in [7, 11) is 0. The molecule has 1 aromatic rings. The maximum absolute atomic E-state index is 10.9. The first-order valence-corrected chi connectivity index (χ1v) is 6.62. The SMILES string of the molecule is CC(C)CN(CC(=O)O)C(C)Cc1ccc(O)cc1. The number of carboxylic acids is 1. The van der Waals surface area contributed by atoms with E-state index in [0.717, 1.165) is 18.5 Å². The van der Waals surface area contributed by atoms with E-state index in [4.69, 9.17) is 5.11 Å². The highest BCUT2D eigenvalue weighted by Crippen LogP contribution is 2.14. The molecule has 2 N–H and O–H groups in total. The smallest absolute Gasteiger partial charge is 0.317 e. The minimum absolute atomic E-state index is 0.0669. The van der Waals surface area contributed by atoms with E-state index in [-0.39, 0.29) is 18.3 Å². The van der Waals surface area contributed by atoms with Crippen LogP contribution in [0.15, 0.2) is 24.3 Å². The molecule has 1 unspecified atom stereocenters. The number of carboxylic acid groups (broad SMARTS) is 1. The maximum Gasteiger partial charge on any atom is 0.317 e. The molecule has 0 saturated heterocycles. The largest absolute Gasteiger partial charge is 0.508 e. The highest BCUT2D eigenvalue weighted by atomic mass is 16.4. The normalized spacial score (nSPS) is 12.9. The Kier molecular flexibility index (Phi) is 5.83. The van der Waals surface area contributed by atoms with Gasteiger partial charge in [-0.2, -0.15) is 0 Å². The Labute approximate surface area is 114 Å². The van der Waals surface area contributed by atoms with Crippen molar-refractivity contribution in [3.63, 3.8) is 0 Å². The van der Waals surface area contributed by atoms with Crippen molar-refractivity contribution in [3.05, 3.63) is 29.8 Å². The summed E-state index contributed by atoms with van der Waals surface area (Å²) in [6.07, 6.45) is 0.778. The van der Waals surface area contributed by atoms with Crippen molar-refractivity contribution in [2.24, 2.45) is 5.92 Å². The Morgan fingerprint density at radius 1 is 1.21 bits per heavy atom. The van der Waals surface area contributed by atoms with Gasteiger partial charge in [-0.05, 0) is 37.0 Å². The minimum atomic E-state index is -0.793. The van der Waals surface area contributed by atoms with Crippen LogP contribution < -0.4 is 0 Å². The van der Waals surface area contributed by atoms with Crippen molar-refractivity contribution in [2.75, 3.05) is 13.1 Å². The molecule has 0 amide bonds. The monoisotopic (exact) mass is 265 g/mol. The summed E-state index contributed by atoms with van der Waals surface area (Å²) >= 11 is 0. The van der Waals surface area contributed by atoms with Crippen molar-refractivity contribution in [1.82, 2.24) is 4.90 Å². The van der Waals surface area contributed by atoms with Crippen LogP contribution in [0.5, 0.6) is 5.75 Å². The summed E-state index contributed by atoms with van der Waals surface area (Å²) in [6, 6.07) is 7.22. The van der Waals surface area contributed by atoms with Crippen LogP contribution in [0.25, 0.3) is 0 Å². The molecule has 1 aromatic carbocycles. The Morgan fingerprint density at radius 3 is 2.26 bits per heavy atom. The van der Waals surface area contributed by atoms with Gasteiger partial charge < -0.3 is 10.2 Å². The van der Waals surface area contributed by atoms with Crippen LogP contribution in [0.1, 0.15) is 26.3 Å². The summed E-state index contributed by atoms with van der Waals surface area (Å²) < 4.78 is 0. The molecule has 0 radical (unpaired) electrons. The zero-order valence-corrected chi connectivity index (χ0v) is 11.8. The van der Waals surface area contributed by atoms with Gasteiger partial charge >= 0.3 is 5.97 Å². The number of phenols is 1. The zero-order chi connectivity index (χ0) is 14.4. The lowest BCUT2D eigenvalue weighted by Gasteiger charge is -2.29. The highest BCUT2D eigenvalue weighted by molar-refractivity contribution is 5.69. The molecule has 0 fully saturated rings. The Balaban J connectivity index is 2.67. The minimum Gasteiger partial charge on any atom is -0.508 e. The molecule has 19 heavy (non-hydrogen) atoms. The molecule has 0 aromatic heterocycles. The first-order valence-electron chi connectivity index (χ1n) is 6.62. The summed E-state index contributed by atoms with van der Waals surface area (Å²) in [5.41, 5.74) is 1.10. The second kappa shape index (κ2) is 7.14. The van der Waals surface area contributed by atoms with Crippen LogP contribution in [-0.4, -0.2) is 40.2 Å². The van der Waals surface area contributed by atoms with Gasteiger partial charge in [0.15, 0.2) is 0 Å². The zero-order valence-electron chi connectivity index (χ0n) is 11.8. The number of nitrogens with zero attached hydrogens (tertiary/aromatic N) is 1. The molecule has 0 bridgehead atoms. The maximum atomic E-state index is 10.9. The molecule has 0 aliphatic carbocycles. The van der Waals surface area contributed by atoms with Gasteiger partial charge in [-0.25, -0.2) is 0 Å². The predicted octanol–water partition coefficient (Wildman–Crippen LogP) is 2.37. The van der Waals surface area contributed by atoms with Crippen molar-refractivity contribution < 1.29 is 15.0 Å². The molecular weight excluding hydrogens is 242 g/mol. The van der Waals surface area contributed by atoms with E-state index in [9.17, 15) is 9.90 Å². The first kappa shape index (κ1) is 15.5. The third kappa shape index (κ3) is 5.75. The molecule has 0 spiro atoms. The lowest BCUT2D eigenvalue weighted by molar-refractivity contribution is -0.139. The third-order valence-electron chi connectivity index (χ3n) is 3.03. The second-order valence-corrected chi connectivity index (χ2v) is 5.44. The number of carbonyl (C=O) groups is 1. The molecule has 1 atom stereocenters. The lowest BCUT2D eigenvalue weighted by atomic mass is 10.0. The van der Waals surface area contributed by atoms with Gasteiger partial charge in [0.05, 0.1) is 6.54 Å². The number of hydrogen-bond acceptors (Lipinski definition) is 3. The van der Waals surface area contributed by atoms with E-state index >= 15 is 0 Å². The van der Waals surface area contributed by atoms with Crippen LogP contribution in [0, 0.1) is 5.92 Å². The second-order valence-electron chi connectivity index (χ2n) is 5.44. The number of phenolic OH excluding ortho intramolecular Hbond substituents is 1. The quantitative estimate of drug-likeness (QED) is 0.794. The lowest BCUT2D eigenvalue weighted by Crippen LogP contribution is -2.40. The van der Waals surface area contributed by atoms with Gasteiger partial charge in [0.2, 0.25) is 0 Å². The standard InChI is InChI=1S/C15H23NO3/c1-11(2)9-16(10-15(18)19)12(3)8-13-4-6-14(17)7-5-13/h4-7,11-12,17H,8-10H2,1-3H3,(H,18,19). The van der Waals surface area contributed by atoms with Crippen LogP contribution >= 0.6 is 0 Å². The van der Waals surface area contributed by atoms with Gasteiger partial charge in [0.1, 0.15) is 5.75 Å². The van der Waals surface area contributed by atoms with E-state index in [0.29, 0.717) is 5.92 Å². The average Bonchev–Trinajstić information content (AvgIpc) is 2.30. The van der Waals surface area contributed by atoms with E-state index in [1.54, 1.807) is 12.1 Å². The number of benzene rings is 1. The number of aliphatic carboxylic acids is 1. The molecule has 0 aliphatic rings. The van der Waals surface area contributed by atoms with Crippen LogP contribution in [0.3, 0.4) is 0 Å². The van der Waals surface area contributed by atoms with Crippen molar-refractivity contribution in [3.8, 4) is 5.75 Å². The molecule has 106 valence electrons. The van der Waals surface area contributed by atoms with Gasteiger partial charge in [0, 0.05) is 12.6 Å². The van der Waals surface area contributed by atoms with Gasteiger partial charge in [-0.1, -0.05) is 26.0 Å². The van der Waals surface area contributed by atoms with E-state index in [2.05, 4.69) is 13.8 Å². The molecular formula is C15H23NO3. The van der Waals surface area contributed by atoms with Crippen LogP contribution in [-0.2, 0) is 11.2 Å². The highest BCUT2D eigenvalue weighted by Gasteiger charge is 2.18. The fourth-order valence-electron chi connectivity index (χ4n) is 2.15. The van der Waals surface area contributed by atoms with Gasteiger partial charge in [-0.3, -0.25) is 9.69 Å². The summed E-state index contributed by atoms with van der Waals surface area (Å²) in [5.74, 6) is -0.110. The third-order valence-corrected chi connectivity index (χ3v) is 3.03. The molecule has 4 nitrogen and oxygen atoms in total. The molecule has 0 heterocycles. The van der Waals surface area contributed by atoms with Crippen molar-refractivity contribution in [1.29, 1.82) is 0 Å². The average molecular weight is 265 g/mol.